The van der Waals surface area contributed by atoms with E-state index in [2.05, 4.69) is 53.4 Å². The van der Waals surface area contributed by atoms with Crippen LogP contribution in [-0.4, -0.2) is 22.4 Å². The quantitative estimate of drug-likeness (QED) is 0.886. The molecule has 0 saturated carbocycles. The summed E-state index contributed by atoms with van der Waals surface area (Å²) in [4.78, 5) is 19.6. The van der Waals surface area contributed by atoms with Crippen molar-refractivity contribution >= 4 is 5.91 Å². The maximum Gasteiger partial charge on any atom is 0.271 e. The van der Waals surface area contributed by atoms with Gasteiger partial charge in [0.05, 0.1) is 6.20 Å². The number of nitrogens with zero attached hydrogens (tertiary/aromatic N) is 2. The van der Waals surface area contributed by atoms with E-state index in [1.165, 1.54) is 23.5 Å². The fraction of sp³-hybridized carbons (Fsp3) is 0.353. The van der Waals surface area contributed by atoms with Gasteiger partial charge in [-0.25, -0.2) is 4.98 Å². The summed E-state index contributed by atoms with van der Waals surface area (Å²) in [5.74, 6) is 0.488. The molecule has 0 spiro atoms. The Labute approximate surface area is 125 Å². The maximum atomic E-state index is 11.8. The maximum absolute atomic E-state index is 11.8. The monoisotopic (exact) mass is 283 g/mol. The lowest BCUT2D eigenvalue weighted by Gasteiger charge is -2.07. The molecular weight excluding hydrogens is 262 g/mol. The van der Waals surface area contributed by atoms with Crippen molar-refractivity contribution in [1.29, 1.82) is 0 Å². The Morgan fingerprint density at radius 1 is 1.14 bits per heavy atom. The summed E-state index contributed by atoms with van der Waals surface area (Å²) < 4.78 is 0. The van der Waals surface area contributed by atoms with Crippen LogP contribution >= 0.6 is 0 Å². The molecule has 4 nitrogen and oxygen atoms in total. The average Bonchev–Trinajstić information content (AvgIpc) is 2.49. The molecule has 0 aliphatic heterocycles. The minimum atomic E-state index is -0.181. The summed E-state index contributed by atoms with van der Waals surface area (Å²) in [6, 6.07) is 8.60. The van der Waals surface area contributed by atoms with E-state index in [1.807, 2.05) is 0 Å². The zero-order valence-corrected chi connectivity index (χ0v) is 12.5. The van der Waals surface area contributed by atoms with Gasteiger partial charge >= 0.3 is 0 Å². The van der Waals surface area contributed by atoms with Crippen molar-refractivity contribution in [1.82, 2.24) is 15.3 Å². The van der Waals surface area contributed by atoms with Gasteiger partial charge in [-0.2, -0.15) is 0 Å². The number of nitrogens with one attached hydrogen (secondary N) is 1. The predicted molar refractivity (Wildman–Crippen MR) is 83.1 cm³/mol. The highest BCUT2D eigenvalue weighted by Crippen LogP contribution is 2.10. The molecule has 1 heterocycles. The van der Waals surface area contributed by atoms with E-state index >= 15 is 0 Å². The lowest BCUT2D eigenvalue weighted by molar-refractivity contribution is 0.0948. The molecule has 1 N–H and O–H groups in total. The van der Waals surface area contributed by atoms with Crippen LogP contribution in [-0.2, 0) is 12.8 Å². The highest BCUT2D eigenvalue weighted by atomic mass is 16.1. The van der Waals surface area contributed by atoms with Gasteiger partial charge in [-0.15, -0.1) is 0 Å². The molecule has 2 aromatic rings. The van der Waals surface area contributed by atoms with E-state index < -0.39 is 0 Å². The molecule has 2 rings (SSSR count). The molecule has 0 fully saturated rings. The number of hydrogen-bond donors (Lipinski definition) is 1. The molecule has 1 amide bonds. The Kier molecular flexibility index (Phi) is 5.43. The standard InChI is InChI=1S/C17H21N3O/c1-13(2)11-15-5-3-14(4-6-15)7-8-20-17(21)16-12-18-9-10-19-16/h3-6,9-10,12-13H,7-8,11H2,1-2H3,(H,20,21). The summed E-state index contributed by atoms with van der Waals surface area (Å²) >= 11 is 0. The van der Waals surface area contributed by atoms with Crippen LogP contribution < -0.4 is 5.32 Å². The first kappa shape index (κ1) is 15.2. The van der Waals surface area contributed by atoms with Crippen LogP contribution in [0.1, 0.15) is 35.5 Å². The fourth-order valence-electron chi connectivity index (χ4n) is 2.14. The van der Waals surface area contributed by atoms with Crippen LogP contribution in [0.15, 0.2) is 42.9 Å². The van der Waals surface area contributed by atoms with Crippen molar-refractivity contribution in [2.75, 3.05) is 6.54 Å². The van der Waals surface area contributed by atoms with Crippen molar-refractivity contribution in [3.63, 3.8) is 0 Å². The fourth-order valence-corrected chi connectivity index (χ4v) is 2.14. The zero-order valence-electron chi connectivity index (χ0n) is 12.5. The first-order valence-electron chi connectivity index (χ1n) is 7.27. The van der Waals surface area contributed by atoms with Gasteiger partial charge in [0.15, 0.2) is 0 Å². The molecule has 21 heavy (non-hydrogen) atoms. The molecule has 4 heteroatoms. The second-order valence-corrected chi connectivity index (χ2v) is 5.51. The van der Waals surface area contributed by atoms with E-state index in [0.29, 0.717) is 18.2 Å². The Morgan fingerprint density at radius 3 is 2.48 bits per heavy atom. The number of carbonyl (C=O) groups excluding carboxylic acids is 1. The summed E-state index contributed by atoms with van der Waals surface area (Å²) in [5.41, 5.74) is 2.93. The molecule has 1 aromatic carbocycles. The number of hydrogen-bond acceptors (Lipinski definition) is 3. The van der Waals surface area contributed by atoms with Crippen LogP contribution in [0.5, 0.6) is 0 Å². The van der Waals surface area contributed by atoms with Gasteiger partial charge in [0.25, 0.3) is 5.91 Å². The zero-order chi connectivity index (χ0) is 15.1. The van der Waals surface area contributed by atoms with Gasteiger partial charge in [0.2, 0.25) is 0 Å². The SMILES string of the molecule is CC(C)Cc1ccc(CCNC(=O)c2cnccn2)cc1. The van der Waals surface area contributed by atoms with Crippen LogP contribution in [0, 0.1) is 5.92 Å². The van der Waals surface area contributed by atoms with E-state index in [0.717, 1.165) is 12.8 Å². The molecule has 1 aromatic heterocycles. The van der Waals surface area contributed by atoms with Crippen LogP contribution in [0.3, 0.4) is 0 Å². The average molecular weight is 283 g/mol. The third-order valence-electron chi connectivity index (χ3n) is 3.16. The third-order valence-corrected chi connectivity index (χ3v) is 3.16. The van der Waals surface area contributed by atoms with E-state index in [-0.39, 0.29) is 5.91 Å². The number of carbonyl (C=O) groups is 1. The summed E-state index contributed by atoms with van der Waals surface area (Å²) in [7, 11) is 0. The molecule has 0 unspecified atom stereocenters. The Morgan fingerprint density at radius 2 is 1.86 bits per heavy atom. The van der Waals surface area contributed by atoms with Crippen molar-refractivity contribution < 1.29 is 4.79 Å². The van der Waals surface area contributed by atoms with E-state index in [4.69, 9.17) is 0 Å². The van der Waals surface area contributed by atoms with E-state index in [1.54, 1.807) is 6.20 Å². The summed E-state index contributed by atoms with van der Waals surface area (Å²) in [6.07, 6.45) is 6.45. The van der Waals surface area contributed by atoms with E-state index in [9.17, 15) is 4.79 Å². The lowest BCUT2D eigenvalue weighted by atomic mass is 10.0. The summed E-state index contributed by atoms with van der Waals surface area (Å²) in [5, 5.41) is 2.85. The van der Waals surface area contributed by atoms with Crippen LogP contribution in [0.4, 0.5) is 0 Å². The first-order valence-corrected chi connectivity index (χ1v) is 7.27. The summed E-state index contributed by atoms with van der Waals surface area (Å²) in [6.45, 7) is 5.03. The molecule has 0 bridgehead atoms. The van der Waals surface area contributed by atoms with Gasteiger partial charge in [-0.3, -0.25) is 9.78 Å². The molecular formula is C17H21N3O. The van der Waals surface area contributed by atoms with Crippen LogP contribution in [0.2, 0.25) is 0 Å². The molecule has 0 radical (unpaired) electrons. The van der Waals surface area contributed by atoms with Gasteiger partial charge in [0.1, 0.15) is 5.69 Å². The number of aromatic nitrogens is 2. The molecule has 0 atom stereocenters. The van der Waals surface area contributed by atoms with Crippen molar-refractivity contribution in [2.45, 2.75) is 26.7 Å². The molecule has 0 saturated heterocycles. The van der Waals surface area contributed by atoms with Gasteiger partial charge in [0, 0.05) is 18.9 Å². The number of rotatable bonds is 6. The Hall–Kier alpha value is -2.23. The highest BCUT2D eigenvalue weighted by molar-refractivity contribution is 5.91. The topological polar surface area (TPSA) is 54.9 Å². The molecule has 110 valence electrons. The van der Waals surface area contributed by atoms with Crippen molar-refractivity contribution in [3.05, 3.63) is 59.7 Å². The Balaban J connectivity index is 1.79. The number of amides is 1. The highest BCUT2D eigenvalue weighted by Gasteiger charge is 2.05. The minimum Gasteiger partial charge on any atom is -0.350 e. The van der Waals surface area contributed by atoms with Gasteiger partial charge in [-0.1, -0.05) is 38.1 Å². The van der Waals surface area contributed by atoms with Gasteiger partial charge < -0.3 is 5.32 Å². The lowest BCUT2D eigenvalue weighted by Crippen LogP contribution is -2.26. The van der Waals surface area contributed by atoms with Crippen molar-refractivity contribution in [2.24, 2.45) is 5.92 Å². The minimum absolute atomic E-state index is 0.181. The largest absolute Gasteiger partial charge is 0.350 e. The molecule has 0 aliphatic carbocycles. The molecule has 0 aliphatic rings. The second kappa shape index (κ2) is 7.53. The third kappa shape index (κ3) is 4.99. The van der Waals surface area contributed by atoms with Crippen molar-refractivity contribution in [3.8, 4) is 0 Å². The smallest absolute Gasteiger partial charge is 0.271 e. The first-order chi connectivity index (χ1) is 10.1. The normalized spacial score (nSPS) is 10.6. The predicted octanol–water partition coefficient (Wildman–Crippen LogP) is 2.65. The number of benzene rings is 1. The van der Waals surface area contributed by atoms with Crippen LogP contribution in [0.25, 0.3) is 0 Å². The second-order valence-electron chi connectivity index (χ2n) is 5.51. The Bertz CT molecular complexity index is 564. The van der Waals surface area contributed by atoms with Gasteiger partial charge in [-0.05, 0) is 29.9 Å².